The van der Waals surface area contributed by atoms with Crippen molar-refractivity contribution in [2.24, 2.45) is 0 Å². The van der Waals surface area contributed by atoms with Crippen molar-refractivity contribution < 1.29 is 14.3 Å². The Morgan fingerprint density at radius 1 is 1.19 bits per heavy atom. The summed E-state index contributed by atoms with van der Waals surface area (Å²) in [4.78, 5) is 20.4. The van der Waals surface area contributed by atoms with E-state index in [-0.39, 0.29) is 23.6 Å². The minimum atomic E-state index is -0.388. The topological polar surface area (TPSA) is 99.4 Å². The summed E-state index contributed by atoms with van der Waals surface area (Å²) >= 11 is 0. The van der Waals surface area contributed by atoms with Crippen molar-refractivity contribution in [1.29, 1.82) is 0 Å². The highest BCUT2D eigenvalue weighted by Gasteiger charge is 2.15. The Morgan fingerprint density at radius 3 is 2.33 bits per heavy atom. The number of nitrogens with one attached hydrogen (secondary N) is 1. The second-order valence-corrected chi connectivity index (χ2v) is 4.27. The number of hydrogen-bond acceptors (Lipinski definition) is 6. The van der Waals surface area contributed by atoms with Crippen molar-refractivity contribution in [3.63, 3.8) is 0 Å². The van der Waals surface area contributed by atoms with E-state index in [0.29, 0.717) is 11.3 Å². The van der Waals surface area contributed by atoms with E-state index in [2.05, 4.69) is 15.3 Å². The summed E-state index contributed by atoms with van der Waals surface area (Å²) < 4.78 is 10.0. The smallest absolute Gasteiger partial charge is 0.260 e. The van der Waals surface area contributed by atoms with Gasteiger partial charge < -0.3 is 15.2 Å². The van der Waals surface area contributed by atoms with Crippen LogP contribution in [-0.4, -0.2) is 30.1 Å². The monoisotopic (exact) mass is 288 g/mol. The minimum Gasteiger partial charge on any atom is -0.481 e. The third-order valence-corrected chi connectivity index (χ3v) is 2.85. The van der Waals surface area contributed by atoms with Crippen LogP contribution in [0, 0.1) is 6.92 Å². The van der Waals surface area contributed by atoms with Gasteiger partial charge in [0.05, 0.1) is 25.8 Å². The quantitative estimate of drug-likeness (QED) is 0.830. The lowest BCUT2D eigenvalue weighted by atomic mass is 10.1. The molecule has 0 atom stereocenters. The maximum Gasteiger partial charge on any atom is 0.260 e. The van der Waals surface area contributed by atoms with Gasteiger partial charge in [0.1, 0.15) is 0 Å². The van der Waals surface area contributed by atoms with Gasteiger partial charge in [0.2, 0.25) is 17.7 Å². The number of methoxy groups -OCH3 is 2. The van der Waals surface area contributed by atoms with Gasteiger partial charge in [-0.1, -0.05) is 12.1 Å². The number of rotatable bonds is 4. The van der Waals surface area contributed by atoms with E-state index in [9.17, 15) is 4.79 Å². The maximum atomic E-state index is 12.3. The normalized spacial score (nSPS) is 10.0. The average Bonchev–Trinajstić information content (AvgIpc) is 2.46. The fraction of sp³-hybridized carbons (Fsp3) is 0.214. The third-order valence-electron chi connectivity index (χ3n) is 2.85. The van der Waals surface area contributed by atoms with Crippen LogP contribution in [0.3, 0.4) is 0 Å². The molecule has 21 heavy (non-hydrogen) atoms. The molecule has 2 aromatic rings. The zero-order valence-corrected chi connectivity index (χ0v) is 12.0. The first-order chi connectivity index (χ1) is 10.0. The molecule has 0 radical (unpaired) electrons. The van der Waals surface area contributed by atoms with Gasteiger partial charge in [-0.25, -0.2) is 0 Å². The molecule has 7 nitrogen and oxygen atoms in total. The lowest BCUT2D eigenvalue weighted by Crippen LogP contribution is -2.17. The summed E-state index contributed by atoms with van der Waals surface area (Å²) in [6.45, 7) is 1.80. The molecule has 0 unspecified atom stereocenters. The van der Waals surface area contributed by atoms with Crippen molar-refractivity contribution in [1.82, 2.24) is 9.97 Å². The van der Waals surface area contributed by atoms with Gasteiger partial charge in [0.15, 0.2) is 0 Å². The minimum absolute atomic E-state index is 0.0823. The Balaban J connectivity index is 2.31. The first-order valence-electron chi connectivity index (χ1n) is 6.18. The molecular formula is C14H16N4O3. The van der Waals surface area contributed by atoms with E-state index in [1.54, 1.807) is 25.1 Å². The number of hydrogen-bond donors (Lipinski definition) is 2. The predicted molar refractivity (Wildman–Crippen MR) is 78.7 cm³/mol. The lowest BCUT2D eigenvalue weighted by Gasteiger charge is -2.10. The van der Waals surface area contributed by atoms with E-state index in [0.717, 1.165) is 5.56 Å². The average molecular weight is 288 g/mol. The standard InChI is InChI=1S/C14H16N4O3/c1-8-5-4-6-9(15)12(8)13(19)18-14-16-10(20-2)7-11(17-14)21-3/h4-7H,15H2,1-3H3,(H,16,17,18,19). The molecule has 0 saturated carbocycles. The summed E-state index contributed by atoms with van der Waals surface area (Å²) in [5, 5.41) is 2.59. The van der Waals surface area contributed by atoms with E-state index in [1.165, 1.54) is 20.3 Å². The summed E-state index contributed by atoms with van der Waals surface area (Å²) in [5.74, 6) is 0.268. The van der Waals surface area contributed by atoms with Gasteiger partial charge in [0.25, 0.3) is 5.91 Å². The number of nitrogens with zero attached hydrogens (tertiary/aromatic N) is 2. The summed E-state index contributed by atoms with van der Waals surface area (Å²) in [5.41, 5.74) is 7.39. The number of nitrogens with two attached hydrogens (primary N) is 1. The Labute approximate surface area is 122 Å². The van der Waals surface area contributed by atoms with Crippen LogP contribution in [0.1, 0.15) is 15.9 Å². The van der Waals surface area contributed by atoms with Gasteiger partial charge >= 0.3 is 0 Å². The van der Waals surface area contributed by atoms with Crippen LogP contribution in [0.5, 0.6) is 11.8 Å². The molecule has 110 valence electrons. The molecule has 1 heterocycles. The molecule has 0 bridgehead atoms. The van der Waals surface area contributed by atoms with Crippen molar-refractivity contribution in [3.05, 3.63) is 35.4 Å². The zero-order valence-electron chi connectivity index (χ0n) is 12.0. The number of aryl methyl sites for hydroxylation is 1. The van der Waals surface area contributed by atoms with Crippen LogP contribution < -0.4 is 20.5 Å². The van der Waals surface area contributed by atoms with E-state index >= 15 is 0 Å². The van der Waals surface area contributed by atoms with Crippen LogP contribution in [0.25, 0.3) is 0 Å². The number of benzene rings is 1. The number of amides is 1. The first kappa shape index (κ1) is 14.6. The van der Waals surface area contributed by atoms with Gasteiger partial charge in [0, 0.05) is 5.69 Å². The number of aromatic nitrogens is 2. The van der Waals surface area contributed by atoms with E-state index < -0.39 is 0 Å². The summed E-state index contributed by atoms with van der Waals surface area (Å²) in [7, 11) is 2.93. The summed E-state index contributed by atoms with van der Waals surface area (Å²) in [6.07, 6.45) is 0. The molecule has 0 aliphatic carbocycles. The van der Waals surface area contributed by atoms with Crippen LogP contribution >= 0.6 is 0 Å². The van der Waals surface area contributed by atoms with Gasteiger partial charge in [-0.15, -0.1) is 0 Å². The van der Waals surface area contributed by atoms with Crippen LogP contribution in [0.2, 0.25) is 0 Å². The highest BCUT2D eigenvalue weighted by atomic mass is 16.5. The Bertz CT molecular complexity index is 631. The fourth-order valence-corrected chi connectivity index (χ4v) is 1.83. The fourth-order valence-electron chi connectivity index (χ4n) is 1.83. The molecule has 0 saturated heterocycles. The zero-order chi connectivity index (χ0) is 15.4. The number of carbonyl (C=O) groups is 1. The molecule has 0 fully saturated rings. The highest BCUT2D eigenvalue weighted by Crippen LogP contribution is 2.20. The Kier molecular flexibility index (Phi) is 4.22. The molecule has 1 amide bonds. The van der Waals surface area contributed by atoms with E-state index in [1.807, 2.05) is 0 Å². The highest BCUT2D eigenvalue weighted by molar-refractivity contribution is 6.08. The van der Waals surface area contributed by atoms with Gasteiger partial charge in [-0.3, -0.25) is 10.1 Å². The molecule has 3 N–H and O–H groups in total. The molecule has 7 heteroatoms. The van der Waals surface area contributed by atoms with Crippen molar-refractivity contribution in [3.8, 4) is 11.8 Å². The molecule has 0 aliphatic heterocycles. The largest absolute Gasteiger partial charge is 0.481 e. The van der Waals surface area contributed by atoms with Gasteiger partial charge in [-0.2, -0.15) is 9.97 Å². The molecule has 1 aromatic carbocycles. The molecule has 0 spiro atoms. The number of anilines is 2. The van der Waals surface area contributed by atoms with Crippen molar-refractivity contribution in [2.75, 3.05) is 25.3 Å². The molecule has 1 aromatic heterocycles. The predicted octanol–water partition coefficient (Wildman–Crippen LogP) is 1.64. The lowest BCUT2D eigenvalue weighted by molar-refractivity contribution is 0.102. The number of carbonyl (C=O) groups excluding carboxylic acids is 1. The number of nitrogen functional groups attached to an aromatic ring is 1. The van der Waals surface area contributed by atoms with E-state index in [4.69, 9.17) is 15.2 Å². The Hall–Kier alpha value is -2.83. The molecular weight excluding hydrogens is 272 g/mol. The second kappa shape index (κ2) is 6.08. The second-order valence-electron chi connectivity index (χ2n) is 4.27. The SMILES string of the molecule is COc1cc(OC)nc(NC(=O)c2c(C)cccc2N)n1. The first-order valence-corrected chi connectivity index (χ1v) is 6.18. The van der Waals surface area contributed by atoms with Gasteiger partial charge in [-0.05, 0) is 18.6 Å². The van der Waals surface area contributed by atoms with Crippen molar-refractivity contribution in [2.45, 2.75) is 6.92 Å². The maximum absolute atomic E-state index is 12.3. The summed E-state index contributed by atoms with van der Waals surface area (Å²) in [6, 6.07) is 6.76. The molecule has 0 aliphatic rings. The number of ether oxygens (including phenoxy) is 2. The van der Waals surface area contributed by atoms with Crippen LogP contribution in [0.15, 0.2) is 24.3 Å². The van der Waals surface area contributed by atoms with Crippen LogP contribution in [-0.2, 0) is 0 Å². The van der Waals surface area contributed by atoms with Crippen molar-refractivity contribution >= 4 is 17.5 Å². The molecule has 2 rings (SSSR count). The third kappa shape index (κ3) is 3.19. The Morgan fingerprint density at radius 2 is 1.81 bits per heavy atom. The van der Waals surface area contributed by atoms with Crippen LogP contribution in [0.4, 0.5) is 11.6 Å².